The van der Waals surface area contributed by atoms with Crippen LogP contribution in [0, 0.1) is 0 Å². The Morgan fingerprint density at radius 1 is 0.971 bits per heavy atom. The van der Waals surface area contributed by atoms with Crippen LogP contribution in [-0.2, 0) is 11.2 Å². The standard InChI is InChI=1S/C26H23ClN4O4/c27-19-5-3-4-18(13-19)17-9-7-16(8-10-17)12-20(14-24(32)26(34)35)29-25(33)23-15-22(30-31-23)21-6-1-2-11-28-21/h1-11,13,15,20,24,32H,12,14H2,(H,29,33)(H,30,31)(H,34,35)/t20-,24-/m1/s1. The van der Waals surface area contributed by atoms with Crippen molar-refractivity contribution in [2.75, 3.05) is 0 Å². The zero-order chi connectivity index (χ0) is 24.8. The molecule has 2 aromatic heterocycles. The minimum atomic E-state index is -1.61. The molecule has 2 atom stereocenters. The first-order valence-corrected chi connectivity index (χ1v) is 11.3. The maximum atomic E-state index is 12.9. The van der Waals surface area contributed by atoms with E-state index in [0.717, 1.165) is 16.7 Å². The summed E-state index contributed by atoms with van der Waals surface area (Å²) in [6.07, 6.45) is 0.188. The Labute approximate surface area is 206 Å². The summed E-state index contributed by atoms with van der Waals surface area (Å²) >= 11 is 6.08. The SMILES string of the molecule is O=C(N[C@H](Cc1ccc(-c2cccc(Cl)c2)cc1)C[C@@H](O)C(=O)O)c1cc(-c2ccccn2)n[nH]1. The third-order valence-electron chi connectivity index (χ3n) is 5.47. The number of hydrogen-bond acceptors (Lipinski definition) is 5. The predicted octanol–water partition coefficient (Wildman–Crippen LogP) is 3.97. The lowest BCUT2D eigenvalue weighted by Gasteiger charge is -2.20. The number of aliphatic hydroxyl groups excluding tert-OH is 1. The minimum absolute atomic E-state index is 0.154. The van der Waals surface area contributed by atoms with Gasteiger partial charge in [-0.3, -0.25) is 14.9 Å². The maximum absolute atomic E-state index is 12.9. The van der Waals surface area contributed by atoms with Crippen LogP contribution in [0.5, 0.6) is 0 Å². The number of aliphatic hydroxyl groups is 1. The van der Waals surface area contributed by atoms with Crippen LogP contribution in [0.2, 0.25) is 5.02 Å². The molecule has 0 saturated heterocycles. The lowest BCUT2D eigenvalue weighted by Crippen LogP contribution is -2.40. The molecule has 1 amide bonds. The normalized spacial score (nSPS) is 12.6. The molecular weight excluding hydrogens is 468 g/mol. The van der Waals surface area contributed by atoms with Gasteiger partial charge in [0.15, 0.2) is 6.10 Å². The molecule has 4 rings (SSSR count). The summed E-state index contributed by atoms with van der Waals surface area (Å²) in [5.74, 6) is -1.81. The first-order chi connectivity index (χ1) is 16.9. The molecule has 0 radical (unpaired) electrons. The van der Waals surface area contributed by atoms with Crippen LogP contribution in [0.4, 0.5) is 0 Å². The van der Waals surface area contributed by atoms with Gasteiger partial charge in [0.2, 0.25) is 0 Å². The van der Waals surface area contributed by atoms with E-state index in [0.29, 0.717) is 22.8 Å². The number of amides is 1. The average Bonchev–Trinajstić information content (AvgIpc) is 3.35. The number of carboxylic acids is 1. The van der Waals surface area contributed by atoms with Gasteiger partial charge in [-0.25, -0.2) is 4.79 Å². The van der Waals surface area contributed by atoms with Gasteiger partial charge in [0.1, 0.15) is 11.4 Å². The highest BCUT2D eigenvalue weighted by molar-refractivity contribution is 6.30. The van der Waals surface area contributed by atoms with Crippen molar-refractivity contribution in [3.8, 4) is 22.5 Å². The molecule has 0 unspecified atom stereocenters. The number of rotatable bonds is 9. The highest BCUT2D eigenvalue weighted by Crippen LogP contribution is 2.23. The lowest BCUT2D eigenvalue weighted by atomic mass is 9.97. The summed E-state index contributed by atoms with van der Waals surface area (Å²) in [4.78, 5) is 28.3. The van der Waals surface area contributed by atoms with Gasteiger partial charge in [0.25, 0.3) is 5.91 Å². The summed E-state index contributed by atoms with van der Waals surface area (Å²) in [7, 11) is 0. The number of aromatic amines is 1. The van der Waals surface area contributed by atoms with E-state index in [-0.39, 0.29) is 12.1 Å². The van der Waals surface area contributed by atoms with Crippen molar-refractivity contribution in [3.63, 3.8) is 0 Å². The first-order valence-electron chi connectivity index (χ1n) is 10.9. The van der Waals surface area contributed by atoms with E-state index in [9.17, 15) is 14.7 Å². The number of nitrogens with one attached hydrogen (secondary N) is 2. The molecule has 4 N–H and O–H groups in total. The smallest absolute Gasteiger partial charge is 0.332 e. The van der Waals surface area contributed by atoms with Gasteiger partial charge in [0, 0.05) is 23.7 Å². The van der Waals surface area contributed by atoms with Gasteiger partial charge in [-0.2, -0.15) is 5.10 Å². The summed E-state index contributed by atoms with van der Waals surface area (Å²) in [5, 5.41) is 29.4. The number of hydrogen-bond donors (Lipinski definition) is 4. The van der Waals surface area contributed by atoms with Crippen LogP contribution in [0.3, 0.4) is 0 Å². The minimum Gasteiger partial charge on any atom is -0.479 e. The summed E-state index contributed by atoms with van der Waals surface area (Å²) < 4.78 is 0. The average molecular weight is 491 g/mol. The van der Waals surface area contributed by atoms with Gasteiger partial charge < -0.3 is 15.5 Å². The Balaban J connectivity index is 1.48. The van der Waals surface area contributed by atoms with E-state index in [1.54, 1.807) is 30.5 Å². The molecule has 0 aliphatic rings. The van der Waals surface area contributed by atoms with Crippen LogP contribution in [0.1, 0.15) is 22.5 Å². The van der Waals surface area contributed by atoms with E-state index in [4.69, 9.17) is 16.7 Å². The number of H-pyrrole nitrogens is 1. The molecule has 4 aromatic rings. The van der Waals surface area contributed by atoms with Gasteiger partial charge in [-0.1, -0.05) is 54.1 Å². The monoisotopic (exact) mass is 490 g/mol. The zero-order valence-electron chi connectivity index (χ0n) is 18.6. The largest absolute Gasteiger partial charge is 0.479 e. The fraction of sp³-hybridized carbons (Fsp3) is 0.154. The Bertz CT molecular complexity index is 1310. The fourth-order valence-electron chi connectivity index (χ4n) is 3.70. The number of halogens is 1. The van der Waals surface area contributed by atoms with Crippen LogP contribution in [0.15, 0.2) is 79.0 Å². The fourth-order valence-corrected chi connectivity index (χ4v) is 3.89. The Kier molecular flexibility index (Phi) is 7.54. The molecule has 0 spiro atoms. The van der Waals surface area contributed by atoms with Crippen molar-refractivity contribution in [2.45, 2.75) is 25.0 Å². The number of pyridine rings is 1. The van der Waals surface area contributed by atoms with Gasteiger partial charge >= 0.3 is 5.97 Å². The van der Waals surface area contributed by atoms with E-state index >= 15 is 0 Å². The molecule has 8 nitrogen and oxygen atoms in total. The molecule has 9 heteroatoms. The summed E-state index contributed by atoms with van der Waals surface area (Å²) in [6, 6.07) is 21.5. The first kappa shape index (κ1) is 24.1. The second-order valence-corrected chi connectivity index (χ2v) is 8.49. The van der Waals surface area contributed by atoms with E-state index < -0.39 is 24.0 Å². The number of benzene rings is 2. The third kappa shape index (κ3) is 6.32. The zero-order valence-corrected chi connectivity index (χ0v) is 19.3. The Morgan fingerprint density at radius 3 is 2.46 bits per heavy atom. The van der Waals surface area contributed by atoms with E-state index in [1.165, 1.54) is 0 Å². The third-order valence-corrected chi connectivity index (χ3v) is 5.71. The van der Waals surface area contributed by atoms with Crippen molar-refractivity contribution in [2.24, 2.45) is 0 Å². The molecule has 2 aromatic carbocycles. The summed E-state index contributed by atoms with van der Waals surface area (Å²) in [6.45, 7) is 0. The molecule has 0 aliphatic carbocycles. The Hall–Kier alpha value is -4.01. The maximum Gasteiger partial charge on any atom is 0.332 e. The number of nitrogens with zero attached hydrogens (tertiary/aromatic N) is 2. The van der Waals surface area contributed by atoms with Gasteiger partial charge in [-0.15, -0.1) is 0 Å². The lowest BCUT2D eigenvalue weighted by molar-refractivity contribution is -0.147. The van der Waals surface area contributed by atoms with E-state index in [2.05, 4.69) is 20.5 Å². The van der Waals surface area contributed by atoms with E-state index in [1.807, 2.05) is 48.5 Å². The van der Waals surface area contributed by atoms with Crippen LogP contribution >= 0.6 is 11.6 Å². The van der Waals surface area contributed by atoms with Crippen LogP contribution in [0.25, 0.3) is 22.5 Å². The highest BCUT2D eigenvalue weighted by atomic mass is 35.5. The molecule has 0 saturated carbocycles. The highest BCUT2D eigenvalue weighted by Gasteiger charge is 2.23. The van der Waals surface area contributed by atoms with Crippen molar-refractivity contribution >= 4 is 23.5 Å². The topological polar surface area (TPSA) is 128 Å². The number of carbonyl (C=O) groups excluding carboxylic acids is 1. The molecule has 35 heavy (non-hydrogen) atoms. The molecule has 0 bridgehead atoms. The number of aromatic nitrogens is 3. The van der Waals surface area contributed by atoms with Gasteiger partial charge in [-0.05, 0) is 53.4 Å². The van der Waals surface area contributed by atoms with Gasteiger partial charge in [0.05, 0.1) is 5.69 Å². The number of aliphatic carboxylic acids is 1. The predicted molar refractivity (Wildman–Crippen MR) is 132 cm³/mol. The molecular formula is C26H23ClN4O4. The Morgan fingerprint density at radius 2 is 1.77 bits per heavy atom. The van der Waals surface area contributed by atoms with Crippen molar-refractivity contribution in [1.82, 2.24) is 20.5 Å². The quantitative estimate of drug-likeness (QED) is 0.281. The molecule has 0 fully saturated rings. The second-order valence-electron chi connectivity index (χ2n) is 8.05. The summed E-state index contributed by atoms with van der Waals surface area (Å²) in [5.41, 5.74) is 4.14. The van der Waals surface area contributed by atoms with Crippen molar-refractivity contribution in [3.05, 3.63) is 95.3 Å². The van der Waals surface area contributed by atoms with Crippen LogP contribution < -0.4 is 5.32 Å². The number of carboxylic acid groups (broad SMARTS) is 1. The van der Waals surface area contributed by atoms with Crippen molar-refractivity contribution < 1.29 is 19.8 Å². The molecule has 0 aliphatic heterocycles. The molecule has 2 heterocycles. The number of carbonyl (C=O) groups is 2. The second kappa shape index (κ2) is 10.9. The molecule has 178 valence electrons. The van der Waals surface area contributed by atoms with Crippen LogP contribution in [-0.4, -0.2) is 49.4 Å². The van der Waals surface area contributed by atoms with Crippen molar-refractivity contribution in [1.29, 1.82) is 0 Å².